The van der Waals surface area contributed by atoms with Crippen LogP contribution in [0.2, 0.25) is 0 Å². The van der Waals surface area contributed by atoms with Crippen LogP contribution in [-0.2, 0) is 0 Å². The Hall–Kier alpha value is -2.60. The van der Waals surface area contributed by atoms with Gasteiger partial charge in [0.2, 0.25) is 0 Å². The van der Waals surface area contributed by atoms with Crippen LogP contribution in [0.15, 0.2) is 36.8 Å². The molecule has 1 fully saturated rings. The number of rotatable bonds is 2. The van der Waals surface area contributed by atoms with Crippen molar-refractivity contribution in [3.05, 3.63) is 36.8 Å². The van der Waals surface area contributed by atoms with E-state index < -0.39 is 0 Å². The highest BCUT2D eigenvalue weighted by atomic mass is 15.1. The lowest BCUT2D eigenvalue weighted by Gasteiger charge is -2.27. The number of anilines is 2. The zero-order valence-electron chi connectivity index (χ0n) is 13.5. The quantitative estimate of drug-likeness (QED) is 0.629. The molecule has 1 aliphatic carbocycles. The van der Waals surface area contributed by atoms with Gasteiger partial charge in [-0.2, -0.15) is 0 Å². The van der Waals surface area contributed by atoms with Gasteiger partial charge in [-0.05, 0) is 43.4 Å². The number of fused-ring (bicyclic) bond motifs is 1. The molecule has 4 rings (SSSR count). The lowest BCUT2D eigenvalue weighted by atomic mass is 9.92. The van der Waals surface area contributed by atoms with Gasteiger partial charge in [0.25, 0.3) is 0 Å². The molecule has 1 saturated carbocycles. The van der Waals surface area contributed by atoms with Gasteiger partial charge in [0.05, 0.1) is 5.39 Å². The Labute approximate surface area is 140 Å². The van der Waals surface area contributed by atoms with E-state index in [0.29, 0.717) is 17.9 Å². The number of benzene rings is 1. The van der Waals surface area contributed by atoms with Gasteiger partial charge in [-0.25, -0.2) is 9.97 Å². The summed E-state index contributed by atoms with van der Waals surface area (Å²) in [6, 6.07) is 8.55. The first-order valence-corrected chi connectivity index (χ1v) is 8.36. The zero-order chi connectivity index (χ0) is 16.7. The van der Waals surface area contributed by atoms with Crippen molar-refractivity contribution >= 4 is 22.5 Å². The molecule has 6 heteroatoms. The van der Waals surface area contributed by atoms with Crippen molar-refractivity contribution in [2.75, 3.05) is 11.5 Å². The lowest BCUT2D eigenvalue weighted by molar-refractivity contribution is 0.329. The summed E-state index contributed by atoms with van der Waals surface area (Å²) < 4.78 is 2.25. The Kier molecular flexibility index (Phi) is 3.61. The van der Waals surface area contributed by atoms with Crippen LogP contribution in [0.5, 0.6) is 0 Å². The van der Waals surface area contributed by atoms with Gasteiger partial charge in [0.1, 0.15) is 17.8 Å². The van der Waals surface area contributed by atoms with Crippen LogP contribution >= 0.6 is 0 Å². The van der Waals surface area contributed by atoms with E-state index in [1.807, 2.05) is 24.3 Å². The predicted octanol–water partition coefficient (Wildman–Crippen LogP) is 2.71. The summed E-state index contributed by atoms with van der Waals surface area (Å²) >= 11 is 0. The monoisotopic (exact) mass is 322 g/mol. The molecular weight excluding hydrogens is 300 g/mol. The van der Waals surface area contributed by atoms with E-state index >= 15 is 0 Å². The first-order chi connectivity index (χ1) is 11.6. The molecule has 3 aromatic rings. The molecule has 0 atom stereocenters. The highest BCUT2D eigenvalue weighted by molar-refractivity contribution is 6.01. The third-order valence-corrected chi connectivity index (χ3v) is 4.97. The van der Waals surface area contributed by atoms with Crippen LogP contribution in [0.25, 0.3) is 22.2 Å². The van der Waals surface area contributed by atoms with Gasteiger partial charge in [0.15, 0.2) is 0 Å². The van der Waals surface area contributed by atoms with Crippen molar-refractivity contribution in [3.63, 3.8) is 0 Å². The minimum Gasteiger partial charge on any atom is -0.399 e. The SMILES string of the molecule is Nc1cccc(-c2cn(C3CCC(N)CC3)c3ncnc(N)c23)c1. The van der Waals surface area contributed by atoms with Crippen LogP contribution < -0.4 is 17.2 Å². The summed E-state index contributed by atoms with van der Waals surface area (Å²) in [4.78, 5) is 8.70. The molecule has 2 aromatic heterocycles. The summed E-state index contributed by atoms with van der Waals surface area (Å²) in [7, 11) is 0. The van der Waals surface area contributed by atoms with Crippen LogP contribution in [0.4, 0.5) is 11.5 Å². The van der Waals surface area contributed by atoms with Crippen LogP contribution in [-0.4, -0.2) is 20.6 Å². The predicted molar refractivity (Wildman–Crippen MR) is 97.3 cm³/mol. The van der Waals surface area contributed by atoms with Gasteiger partial charge in [-0.1, -0.05) is 12.1 Å². The van der Waals surface area contributed by atoms with Crippen molar-refractivity contribution < 1.29 is 0 Å². The maximum Gasteiger partial charge on any atom is 0.146 e. The molecular formula is C18H22N6. The molecule has 0 aliphatic heterocycles. The first kappa shape index (κ1) is 15.0. The Bertz CT molecular complexity index is 876. The number of nitrogen functional groups attached to an aromatic ring is 2. The number of aromatic nitrogens is 3. The average Bonchev–Trinajstić information content (AvgIpc) is 2.97. The number of hydrogen-bond donors (Lipinski definition) is 3. The molecule has 1 aromatic carbocycles. The molecule has 6 N–H and O–H groups in total. The fraction of sp³-hybridized carbons (Fsp3) is 0.333. The molecule has 2 heterocycles. The van der Waals surface area contributed by atoms with E-state index in [1.165, 1.54) is 6.33 Å². The third-order valence-electron chi connectivity index (χ3n) is 4.97. The fourth-order valence-electron chi connectivity index (χ4n) is 3.69. The van der Waals surface area contributed by atoms with Gasteiger partial charge in [0, 0.05) is 29.5 Å². The zero-order valence-corrected chi connectivity index (χ0v) is 13.5. The topological polar surface area (TPSA) is 109 Å². The first-order valence-electron chi connectivity index (χ1n) is 8.36. The summed E-state index contributed by atoms with van der Waals surface area (Å²) in [6.07, 6.45) is 7.88. The molecule has 6 nitrogen and oxygen atoms in total. The maximum absolute atomic E-state index is 6.18. The Balaban J connectivity index is 1.88. The largest absolute Gasteiger partial charge is 0.399 e. The molecule has 0 amide bonds. The summed E-state index contributed by atoms with van der Waals surface area (Å²) in [5.41, 5.74) is 21.9. The standard InChI is InChI=1S/C18H22N6/c19-12-4-6-14(7-5-12)24-9-15(11-2-1-3-13(20)8-11)16-17(21)22-10-23-18(16)24/h1-3,8-10,12,14H,4-7,19-20H2,(H2,21,22,23). The second-order valence-electron chi connectivity index (χ2n) is 6.60. The lowest BCUT2D eigenvalue weighted by Crippen LogP contribution is -2.27. The second kappa shape index (κ2) is 5.79. The van der Waals surface area contributed by atoms with Gasteiger partial charge in [-0.3, -0.25) is 0 Å². The van der Waals surface area contributed by atoms with Crippen molar-refractivity contribution in [2.45, 2.75) is 37.8 Å². The molecule has 0 radical (unpaired) electrons. The molecule has 24 heavy (non-hydrogen) atoms. The number of hydrogen-bond acceptors (Lipinski definition) is 5. The van der Waals surface area contributed by atoms with Crippen molar-refractivity contribution in [2.24, 2.45) is 5.73 Å². The Morgan fingerprint density at radius 1 is 1.04 bits per heavy atom. The van der Waals surface area contributed by atoms with E-state index in [9.17, 15) is 0 Å². The molecule has 124 valence electrons. The van der Waals surface area contributed by atoms with E-state index in [-0.39, 0.29) is 0 Å². The number of nitrogens with two attached hydrogens (primary N) is 3. The second-order valence-corrected chi connectivity index (χ2v) is 6.60. The molecule has 1 aliphatic rings. The summed E-state index contributed by atoms with van der Waals surface area (Å²) in [5, 5.41) is 0.901. The molecule has 0 unspecified atom stereocenters. The third kappa shape index (κ3) is 2.49. The van der Waals surface area contributed by atoms with Crippen LogP contribution in [0.1, 0.15) is 31.7 Å². The summed E-state index contributed by atoms with van der Waals surface area (Å²) in [6.45, 7) is 0. The molecule has 0 saturated heterocycles. The van der Waals surface area contributed by atoms with Crippen molar-refractivity contribution in [1.82, 2.24) is 14.5 Å². The minimum absolute atomic E-state index is 0.316. The highest BCUT2D eigenvalue weighted by Crippen LogP contribution is 2.38. The average molecular weight is 322 g/mol. The smallest absolute Gasteiger partial charge is 0.146 e. The fourth-order valence-corrected chi connectivity index (χ4v) is 3.69. The van der Waals surface area contributed by atoms with Crippen LogP contribution in [0, 0.1) is 0 Å². The van der Waals surface area contributed by atoms with E-state index in [0.717, 1.165) is 53.5 Å². The van der Waals surface area contributed by atoms with E-state index in [2.05, 4.69) is 20.7 Å². The van der Waals surface area contributed by atoms with Crippen molar-refractivity contribution in [3.8, 4) is 11.1 Å². The van der Waals surface area contributed by atoms with Gasteiger partial charge in [-0.15, -0.1) is 0 Å². The minimum atomic E-state index is 0.316. The van der Waals surface area contributed by atoms with Gasteiger partial charge >= 0.3 is 0 Å². The maximum atomic E-state index is 6.18. The van der Waals surface area contributed by atoms with E-state index in [1.54, 1.807) is 0 Å². The normalized spacial score (nSPS) is 21.2. The Morgan fingerprint density at radius 2 is 1.83 bits per heavy atom. The van der Waals surface area contributed by atoms with E-state index in [4.69, 9.17) is 17.2 Å². The summed E-state index contributed by atoms with van der Waals surface area (Å²) in [5.74, 6) is 0.503. The Morgan fingerprint density at radius 3 is 2.58 bits per heavy atom. The highest BCUT2D eigenvalue weighted by Gasteiger charge is 2.24. The van der Waals surface area contributed by atoms with Crippen molar-refractivity contribution in [1.29, 1.82) is 0 Å². The number of nitrogens with zero attached hydrogens (tertiary/aromatic N) is 3. The molecule has 0 bridgehead atoms. The van der Waals surface area contributed by atoms with Crippen LogP contribution in [0.3, 0.4) is 0 Å². The molecule has 0 spiro atoms. The van der Waals surface area contributed by atoms with Gasteiger partial charge < -0.3 is 21.8 Å².